The Kier molecular flexibility index (Phi) is 3.47. The Morgan fingerprint density at radius 2 is 2.05 bits per heavy atom. The smallest absolute Gasteiger partial charge is 0.166 e. The van der Waals surface area contributed by atoms with Crippen LogP contribution in [0.3, 0.4) is 0 Å². The van der Waals surface area contributed by atoms with E-state index in [0.717, 1.165) is 22.0 Å². The van der Waals surface area contributed by atoms with Crippen molar-refractivity contribution in [3.63, 3.8) is 0 Å². The third-order valence-electron chi connectivity index (χ3n) is 3.31. The first kappa shape index (κ1) is 13.8. The lowest BCUT2D eigenvalue weighted by Crippen LogP contribution is -1.95. The number of ether oxygens (including phenoxy) is 1. The van der Waals surface area contributed by atoms with E-state index in [0.29, 0.717) is 11.6 Å². The molecule has 1 aromatic carbocycles. The van der Waals surface area contributed by atoms with E-state index in [2.05, 4.69) is 9.97 Å². The van der Waals surface area contributed by atoms with Crippen molar-refractivity contribution in [3.05, 3.63) is 36.5 Å². The number of imidazole rings is 1. The average molecular weight is 301 g/mol. The first-order valence-corrected chi connectivity index (χ1v) is 7.97. The highest BCUT2D eigenvalue weighted by molar-refractivity contribution is 7.84. The van der Waals surface area contributed by atoms with E-state index < -0.39 is 10.8 Å². The number of rotatable bonds is 3. The summed E-state index contributed by atoms with van der Waals surface area (Å²) in [5.41, 5.74) is 1.63. The van der Waals surface area contributed by atoms with Crippen LogP contribution in [-0.4, -0.2) is 32.1 Å². The van der Waals surface area contributed by atoms with Crippen LogP contribution >= 0.6 is 0 Å². The van der Waals surface area contributed by atoms with Crippen molar-refractivity contribution < 1.29 is 8.95 Å². The van der Waals surface area contributed by atoms with Gasteiger partial charge in [0.25, 0.3) is 0 Å². The van der Waals surface area contributed by atoms with Crippen LogP contribution in [0, 0.1) is 0 Å². The maximum atomic E-state index is 11.6. The topological polar surface area (TPSA) is 57.0 Å². The molecule has 108 valence electrons. The molecule has 0 amide bonds. The van der Waals surface area contributed by atoms with Crippen molar-refractivity contribution >= 4 is 10.8 Å². The Hall–Kier alpha value is -2.21. The van der Waals surface area contributed by atoms with Crippen molar-refractivity contribution in [2.45, 2.75) is 4.90 Å². The van der Waals surface area contributed by atoms with Gasteiger partial charge in [-0.2, -0.15) is 0 Å². The van der Waals surface area contributed by atoms with E-state index in [1.54, 1.807) is 19.4 Å². The number of benzene rings is 1. The van der Waals surface area contributed by atoms with E-state index in [1.807, 2.05) is 42.1 Å². The van der Waals surface area contributed by atoms with Gasteiger partial charge >= 0.3 is 0 Å². The molecule has 0 spiro atoms. The second kappa shape index (κ2) is 5.29. The molecule has 2 aliphatic rings. The second-order valence-electron chi connectivity index (χ2n) is 4.69. The second-order valence-corrected chi connectivity index (χ2v) is 6.07. The van der Waals surface area contributed by atoms with Crippen molar-refractivity contribution in [3.8, 4) is 28.7 Å². The molecule has 2 aliphatic heterocycles. The molecule has 3 rings (SSSR count). The lowest BCUT2D eigenvalue weighted by Gasteiger charge is -2.07. The van der Waals surface area contributed by atoms with Crippen LogP contribution in [0.15, 0.2) is 41.4 Å². The first-order chi connectivity index (χ1) is 10.1. The zero-order valence-electron chi connectivity index (χ0n) is 12.0. The summed E-state index contributed by atoms with van der Waals surface area (Å²) < 4.78 is 18.9. The maximum Gasteiger partial charge on any atom is 0.166 e. The van der Waals surface area contributed by atoms with Gasteiger partial charge < -0.3 is 9.30 Å². The summed E-state index contributed by atoms with van der Waals surface area (Å²) in [6, 6.07) is 9.29. The molecule has 0 radical (unpaired) electrons. The fraction of sp³-hybridized carbons (Fsp3) is 0.200. The van der Waals surface area contributed by atoms with E-state index in [9.17, 15) is 4.21 Å². The number of hydrogen-bond donors (Lipinski definition) is 0. The fourth-order valence-corrected chi connectivity index (χ4v) is 2.74. The molecule has 0 saturated heterocycles. The molecule has 21 heavy (non-hydrogen) atoms. The summed E-state index contributed by atoms with van der Waals surface area (Å²) in [4.78, 5) is 9.82. The van der Waals surface area contributed by atoms with Gasteiger partial charge in [0, 0.05) is 35.2 Å². The van der Waals surface area contributed by atoms with Crippen molar-refractivity contribution in [2.24, 2.45) is 7.05 Å². The maximum absolute atomic E-state index is 11.6. The molecule has 0 N–H and O–H groups in total. The van der Waals surface area contributed by atoms with Gasteiger partial charge in [0.1, 0.15) is 11.4 Å². The minimum Gasteiger partial charge on any atom is -0.496 e. The van der Waals surface area contributed by atoms with E-state index in [4.69, 9.17) is 4.74 Å². The number of fused-ring (bicyclic) bond motifs is 1. The molecule has 1 atom stereocenters. The summed E-state index contributed by atoms with van der Waals surface area (Å²) in [6.45, 7) is 0. The molecule has 6 heteroatoms. The number of nitrogens with zero attached hydrogens (tertiary/aromatic N) is 3. The highest BCUT2D eigenvalue weighted by atomic mass is 32.2. The van der Waals surface area contributed by atoms with E-state index in [-0.39, 0.29) is 0 Å². The minimum absolute atomic E-state index is 0.608. The molecule has 2 heterocycles. The van der Waals surface area contributed by atoms with Gasteiger partial charge in [-0.05, 0) is 30.3 Å². The number of aryl methyl sites for hydroxylation is 1. The number of hydrogen-bond acceptors (Lipinski definition) is 4. The third-order valence-corrected chi connectivity index (χ3v) is 4.23. The molecule has 0 aliphatic carbocycles. The third kappa shape index (κ3) is 2.42. The molecular formula is C15H15N3O2S. The Morgan fingerprint density at radius 1 is 1.24 bits per heavy atom. The predicted molar refractivity (Wildman–Crippen MR) is 81.9 cm³/mol. The van der Waals surface area contributed by atoms with Crippen molar-refractivity contribution in [1.82, 2.24) is 14.5 Å². The van der Waals surface area contributed by atoms with Crippen LogP contribution < -0.4 is 4.74 Å². The van der Waals surface area contributed by atoms with Crippen molar-refractivity contribution in [1.29, 1.82) is 0 Å². The van der Waals surface area contributed by atoms with Crippen LogP contribution in [0.4, 0.5) is 0 Å². The summed E-state index contributed by atoms with van der Waals surface area (Å²) in [5.74, 6) is 2.05. The standard InChI is InChI=1S/C15H15N3O2S/c1-18-8-4-5-12-15(18)17-14(16-12)11-7-6-10(21(3)19)9-13(11)20-2/h4-9H,1-3H3. The average Bonchev–Trinajstić information content (AvgIpc) is 2.91. The summed E-state index contributed by atoms with van der Waals surface area (Å²) in [6.07, 6.45) is 3.57. The highest BCUT2D eigenvalue weighted by Crippen LogP contribution is 2.32. The van der Waals surface area contributed by atoms with Crippen LogP contribution in [-0.2, 0) is 17.8 Å². The Labute approximate surface area is 125 Å². The fourth-order valence-electron chi connectivity index (χ4n) is 2.21. The number of pyridine rings is 1. The highest BCUT2D eigenvalue weighted by Gasteiger charge is 2.17. The van der Waals surface area contributed by atoms with E-state index in [1.165, 1.54) is 0 Å². The lowest BCUT2D eigenvalue weighted by atomic mass is 10.2. The van der Waals surface area contributed by atoms with Crippen LogP contribution in [0.5, 0.6) is 5.75 Å². The van der Waals surface area contributed by atoms with Crippen LogP contribution in [0.25, 0.3) is 22.9 Å². The van der Waals surface area contributed by atoms with Gasteiger partial charge in [-0.3, -0.25) is 4.21 Å². The van der Waals surface area contributed by atoms with Gasteiger partial charge in [-0.1, -0.05) is 0 Å². The number of methoxy groups -OCH3 is 1. The molecule has 1 aromatic rings. The largest absolute Gasteiger partial charge is 0.496 e. The van der Waals surface area contributed by atoms with Crippen LogP contribution in [0.2, 0.25) is 0 Å². The Morgan fingerprint density at radius 3 is 2.71 bits per heavy atom. The monoisotopic (exact) mass is 301 g/mol. The summed E-state index contributed by atoms with van der Waals surface area (Å²) in [7, 11) is 2.47. The molecule has 1 unspecified atom stereocenters. The first-order valence-electron chi connectivity index (χ1n) is 6.41. The molecule has 0 fully saturated rings. The summed E-state index contributed by atoms with van der Waals surface area (Å²) >= 11 is 0. The normalized spacial score (nSPS) is 12.5. The minimum atomic E-state index is -1.05. The van der Waals surface area contributed by atoms with Crippen molar-refractivity contribution in [2.75, 3.05) is 13.4 Å². The molecule has 0 aromatic heterocycles. The van der Waals surface area contributed by atoms with Gasteiger partial charge in [-0.15, -0.1) is 0 Å². The van der Waals surface area contributed by atoms with Gasteiger partial charge in [0.2, 0.25) is 0 Å². The van der Waals surface area contributed by atoms with Crippen LogP contribution in [0.1, 0.15) is 0 Å². The quantitative estimate of drug-likeness (QED) is 0.745. The van der Waals surface area contributed by atoms with Gasteiger partial charge in [-0.25, -0.2) is 9.97 Å². The molecule has 5 nitrogen and oxygen atoms in total. The SMILES string of the molecule is COc1cc(S(C)=O)ccc1-c1nc2cccn(C)c-2n1. The van der Waals surface area contributed by atoms with Gasteiger partial charge in [0.15, 0.2) is 11.6 Å². The zero-order chi connectivity index (χ0) is 15.0. The Bertz CT molecular complexity index is 798. The molecule has 0 saturated carbocycles. The zero-order valence-corrected chi connectivity index (χ0v) is 12.8. The molecule has 0 bridgehead atoms. The van der Waals surface area contributed by atoms with E-state index >= 15 is 0 Å². The predicted octanol–water partition coefficient (Wildman–Crippen LogP) is 2.33. The Balaban J connectivity index is 2.16. The lowest BCUT2D eigenvalue weighted by molar-refractivity contribution is 0.415. The number of aromatic nitrogens is 3. The molecular weight excluding hydrogens is 286 g/mol. The van der Waals surface area contributed by atoms with Gasteiger partial charge in [0.05, 0.1) is 12.7 Å². The summed E-state index contributed by atoms with van der Waals surface area (Å²) in [5, 5.41) is 0.